The number of rotatable bonds is 5. The fraction of sp³-hybridized carbons (Fsp3) is 0.467. The largest absolute Gasteiger partial charge is 0.478 e. The van der Waals surface area contributed by atoms with Crippen LogP contribution >= 0.6 is 0 Å². The van der Waals surface area contributed by atoms with Crippen molar-refractivity contribution in [2.75, 3.05) is 31.7 Å². The Morgan fingerprint density at radius 2 is 2.45 bits per heavy atom. The van der Waals surface area contributed by atoms with Crippen LogP contribution in [0, 0.1) is 5.92 Å². The summed E-state index contributed by atoms with van der Waals surface area (Å²) in [7, 11) is 2.02. The van der Waals surface area contributed by atoms with Crippen LogP contribution < -0.4 is 4.90 Å². The average Bonchev–Trinajstić information content (AvgIpc) is 2.46. The maximum absolute atomic E-state index is 10.4. The molecule has 1 aliphatic rings. The van der Waals surface area contributed by atoms with E-state index in [1.54, 1.807) is 6.20 Å². The standard InChI is InChI=1S/C15H20N2O3/c1-17(10-13-3-2-8-20-11-13)14-6-4-12(9-16-14)5-7-15(18)19/h4-7,9,13H,2-3,8,10-11H2,1H3,(H,18,19)/b7-5+. The summed E-state index contributed by atoms with van der Waals surface area (Å²) in [5, 5.41) is 8.57. The number of hydrogen-bond acceptors (Lipinski definition) is 4. The zero-order chi connectivity index (χ0) is 14.4. The highest BCUT2D eigenvalue weighted by atomic mass is 16.5. The van der Waals surface area contributed by atoms with Crippen molar-refractivity contribution in [3.05, 3.63) is 30.0 Å². The molecule has 108 valence electrons. The summed E-state index contributed by atoms with van der Waals surface area (Å²) >= 11 is 0. The lowest BCUT2D eigenvalue weighted by molar-refractivity contribution is -0.131. The van der Waals surface area contributed by atoms with E-state index in [9.17, 15) is 4.79 Å². The molecule has 1 aromatic rings. The predicted molar refractivity (Wildman–Crippen MR) is 77.7 cm³/mol. The molecule has 1 aromatic heterocycles. The molecule has 1 aliphatic heterocycles. The van der Waals surface area contributed by atoms with Crippen LogP contribution in [-0.2, 0) is 9.53 Å². The van der Waals surface area contributed by atoms with E-state index in [-0.39, 0.29) is 0 Å². The third kappa shape index (κ3) is 4.35. The number of hydrogen-bond donors (Lipinski definition) is 1. The maximum Gasteiger partial charge on any atom is 0.328 e. The molecule has 2 rings (SSSR count). The molecule has 0 amide bonds. The third-order valence-electron chi connectivity index (χ3n) is 3.37. The van der Waals surface area contributed by atoms with Gasteiger partial charge in [0, 0.05) is 32.5 Å². The van der Waals surface area contributed by atoms with Crippen molar-refractivity contribution in [2.45, 2.75) is 12.8 Å². The molecule has 5 nitrogen and oxygen atoms in total. The van der Waals surface area contributed by atoms with Gasteiger partial charge >= 0.3 is 5.97 Å². The van der Waals surface area contributed by atoms with Crippen molar-refractivity contribution >= 4 is 17.9 Å². The molecule has 0 radical (unpaired) electrons. The summed E-state index contributed by atoms with van der Waals surface area (Å²) in [6, 6.07) is 3.78. The smallest absolute Gasteiger partial charge is 0.328 e. The predicted octanol–water partition coefficient (Wildman–Crippen LogP) is 2.04. The molecular formula is C15H20N2O3. The Hall–Kier alpha value is -1.88. The molecule has 0 saturated carbocycles. The second kappa shape index (κ2) is 7.05. The third-order valence-corrected chi connectivity index (χ3v) is 3.37. The summed E-state index contributed by atoms with van der Waals surface area (Å²) in [6.07, 6.45) is 6.66. The van der Waals surface area contributed by atoms with Crippen molar-refractivity contribution in [2.24, 2.45) is 5.92 Å². The molecule has 0 aliphatic carbocycles. The fourth-order valence-corrected chi connectivity index (χ4v) is 2.32. The van der Waals surface area contributed by atoms with Crippen LogP contribution in [0.3, 0.4) is 0 Å². The van der Waals surface area contributed by atoms with Gasteiger partial charge in [-0.3, -0.25) is 0 Å². The number of carboxylic acid groups (broad SMARTS) is 1. The van der Waals surface area contributed by atoms with Crippen LogP contribution in [-0.4, -0.2) is 42.9 Å². The van der Waals surface area contributed by atoms with Crippen LogP contribution in [0.25, 0.3) is 6.08 Å². The highest BCUT2D eigenvalue weighted by Crippen LogP contribution is 2.18. The number of ether oxygens (including phenoxy) is 1. The van der Waals surface area contributed by atoms with Gasteiger partial charge in [-0.15, -0.1) is 0 Å². The molecule has 0 spiro atoms. The number of carboxylic acids is 1. The quantitative estimate of drug-likeness (QED) is 0.834. The van der Waals surface area contributed by atoms with Gasteiger partial charge in [0.25, 0.3) is 0 Å². The topological polar surface area (TPSA) is 62.7 Å². The van der Waals surface area contributed by atoms with Crippen molar-refractivity contribution in [1.29, 1.82) is 0 Å². The Morgan fingerprint density at radius 3 is 3.05 bits per heavy atom. The zero-order valence-corrected chi connectivity index (χ0v) is 11.7. The van der Waals surface area contributed by atoms with Crippen LogP contribution in [0.1, 0.15) is 18.4 Å². The summed E-state index contributed by atoms with van der Waals surface area (Å²) in [4.78, 5) is 16.9. The SMILES string of the molecule is CN(CC1CCCOC1)c1ccc(/C=C/C(=O)O)cn1. The van der Waals surface area contributed by atoms with Gasteiger partial charge in [-0.1, -0.05) is 0 Å². The first-order valence-electron chi connectivity index (χ1n) is 6.81. The fourth-order valence-electron chi connectivity index (χ4n) is 2.32. The zero-order valence-electron chi connectivity index (χ0n) is 11.7. The second-order valence-electron chi connectivity index (χ2n) is 5.08. The molecule has 1 unspecified atom stereocenters. The number of carbonyl (C=O) groups is 1. The average molecular weight is 276 g/mol. The number of nitrogens with zero attached hydrogens (tertiary/aromatic N) is 2. The molecule has 1 saturated heterocycles. The van der Waals surface area contributed by atoms with Gasteiger partial charge in [-0.2, -0.15) is 0 Å². The molecule has 1 atom stereocenters. The van der Waals surface area contributed by atoms with Crippen molar-refractivity contribution in [1.82, 2.24) is 4.98 Å². The Kier molecular flexibility index (Phi) is 5.12. The van der Waals surface area contributed by atoms with E-state index >= 15 is 0 Å². The lowest BCUT2D eigenvalue weighted by atomic mass is 10.0. The Labute approximate surface area is 118 Å². The van der Waals surface area contributed by atoms with E-state index in [0.717, 1.165) is 43.6 Å². The first-order chi connectivity index (χ1) is 9.65. The number of pyridine rings is 1. The van der Waals surface area contributed by atoms with Crippen molar-refractivity contribution < 1.29 is 14.6 Å². The maximum atomic E-state index is 10.4. The minimum atomic E-state index is -0.955. The summed E-state index contributed by atoms with van der Waals surface area (Å²) in [5.74, 6) is 0.494. The molecule has 1 N–H and O–H groups in total. The van der Waals surface area contributed by atoms with E-state index in [4.69, 9.17) is 9.84 Å². The van der Waals surface area contributed by atoms with E-state index in [1.165, 1.54) is 12.5 Å². The van der Waals surface area contributed by atoms with E-state index in [0.29, 0.717) is 5.92 Å². The lowest BCUT2D eigenvalue weighted by Crippen LogP contribution is -2.31. The number of aliphatic carboxylic acids is 1. The Morgan fingerprint density at radius 1 is 1.60 bits per heavy atom. The van der Waals surface area contributed by atoms with Crippen LogP contribution in [0.4, 0.5) is 5.82 Å². The summed E-state index contributed by atoms with van der Waals surface area (Å²) in [6.45, 7) is 2.63. The van der Waals surface area contributed by atoms with Gasteiger partial charge in [-0.25, -0.2) is 9.78 Å². The number of aromatic nitrogens is 1. The van der Waals surface area contributed by atoms with Crippen molar-refractivity contribution in [3.63, 3.8) is 0 Å². The Bertz CT molecular complexity index is 465. The van der Waals surface area contributed by atoms with Gasteiger partial charge in [0.2, 0.25) is 0 Å². The van der Waals surface area contributed by atoms with Crippen molar-refractivity contribution in [3.8, 4) is 0 Å². The van der Waals surface area contributed by atoms with Crippen LogP contribution in [0.15, 0.2) is 24.4 Å². The molecular weight excluding hydrogens is 256 g/mol. The van der Waals surface area contributed by atoms with Gasteiger partial charge in [0.05, 0.1) is 6.61 Å². The summed E-state index contributed by atoms with van der Waals surface area (Å²) in [5.41, 5.74) is 0.783. The summed E-state index contributed by atoms with van der Waals surface area (Å²) < 4.78 is 5.48. The molecule has 1 fully saturated rings. The van der Waals surface area contributed by atoms with E-state index in [1.807, 2.05) is 19.2 Å². The number of anilines is 1. The van der Waals surface area contributed by atoms with E-state index < -0.39 is 5.97 Å². The highest BCUT2D eigenvalue weighted by molar-refractivity contribution is 5.85. The highest BCUT2D eigenvalue weighted by Gasteiger charge is 2.16. The molecule has 5 heteroatoms. The van der Waals surface area contributed by atoms with Gasteiger partial charge in [0.15, 0.2) is 0 Å². The van der Waals surface area contributed by atoms with Crippen LogP contribution in [0.2, 0.25) is 0 Å². The van der Waals surface area contributed by atoms with Gasteiger partial charge in [0.1, 0.15) is 5.82 Å². The van der Waals surface area contributed by atoms with Crippen LogP contribution in [0.5, 0.6) is 0 Å². The lowest BCUT2D eigenvalue weighted by Gasteiger charge is -2.27. The first kappa shape index (κ1) is 14.5. The molecule has 0 aromatic carbocycles. The Balaban J connectivity index is 1.92. The molecule has 0 bridgehead atoms. The van der Waals surface area contributed by atoms with Gasteiger partial charge in [-0.05, 0) is 42.5 Å². The minimum absolute atomic E-state index is 0.558. The minimum Gasteiger partial charge on any atom is -0.478 e. The first-order valence-corrected chi connectivity index (χ1v) is 6.81. The normalized spacial score (nSPS) is 19.1. The monoisotopic (exact) mass is 276 g/mol. The molecule has 2 heterocycles. The molecule has 20 heavy (non-hydrogen) atoms. The van der Waals surface area contributed by atoms with Gasteiger partial charge < -0.3 is 14.7 Å². The second-order valence-corrected chi connectivity index (χ2v) is 5.08. The van der Waals surface area contributed by atoms with E-state index in [2.05, 4.69) is 9.88 Å².